The van der Waals surface area contributed by atoms with Gasteiger partial charge in [-0.3, -0.25) is 9.69 Å². The van der Waals surface area contributed by atoms with Gasteiger partial charge in [0.05, 0.1) is 16.1 Å². The van der Waals surface area contributed by atoms with Gasteiger partial charge in [0, 0.05) is 44.6 Å². The summed E-state index contributed by atoms with van der Waals surface area (Å²) in [6.45, 7) is 10.5. The number of aryl methyl sites for hydroxylation is 1. The molecule has 1 N–H and O–H groups in total. The summed E-state index contributed by atoms with van der Waals surface area (Å²) >= 11 is 1.71. The minimum Gasteiger partial charge on any atom is -0.340 e. The Morgan fingerprint density at radius 2 is 2.18 bits per heavy atom. The monoisotopic (exact) mass is 322 g/mol. The maximum Gasteiger partial charge on any atom is 0.229 e. The van der Waals surface area contributed by atoms with Crippen LogP contribution in [-0.4, -0.2) is 60.0 Å². The molecular weight excluding hydrogens is 296 g/mol. The summed E-state index contributed by atoms with van der Waals surface area (Å²) < 4.78 is 0. The largest absolute Gasteiger partial charge is 0.340 e. The standard InChI is InChI=1S/C16H26N4OS/c1-13-18-14(11-22-13)10-19-6-8-20(9-7-19)15(21)16(2)4-3-5-17-12-16/h11,17H,3-10,12H2,1-2H3/t16-/m0/s1. The van der Waals surface area contributed by atoms with Gasteiger partial charge in [-0.25, -0.2) is 4.98 Å². The molecule has 1 amide bonds. The summed E-state index contributed by atoms with van der Waals surface area (Å²) in [6.07, 6.45) is 2.11. The average Bonchev–Trinajstić information content (AvgIpc) is 2.93. The molecule has 122 valence electrons. The number of hydrogen-bond acceptors (Lipinski definition) is 5. The average molecular weight is 322 g/mol. The third-order valence-electron chi connectivity index (χ3n) is 4.83. The molecule has 1 atom stereocenters. The van der Waals surface area contributed by atoms with Crippen molar-refractivity contribution in [2.75, 3.05) is 39.3 Å². The highest BCUT2D eigenvalue weighted by Gasteiger charge is 2.38. The molecule has 3 rings (SSSR count). The Hall–Kier alpha value is -0.980. The van der Waals surface area contributed by atoms with Gasteiger partial charge < -0.3 is 10.2 Å². The number of nitrogens with one attached hydrogen (secondary N) is 1. The first kappa shape index (κ1) is 15.9. The zero-order chi connectivity index (χ0) is 15.6. The van der Waals surface area contributed by atoms with Crippen molar-refractivity contribution < 1.29 is 4.79 Å². The maximum absolute atomic E-state index is 12.8. The fourth-order valence-electron chi connectivity index (χ4n) is 3.44. The van der Waals surface area contributed by atoms with Gasteiger partial charge >= 0.3 is 0 Å². The van der Waals surface area contributed by atoms with Crippen LogP contribution in [0.15, 0.2) is 5.38 Å². The Bertz CT molecular complexity index is 516. The number of piperazine rings is 1. The summed E-state index contributed by atoms with van der Waals surface area (Å²) in [5, 5.41) is 6.64. The van der Waals surface area contributed by atoms with Crippen molar-refractivity contribution in [2.24, 2.45) is 5.41 Å². The van der Waals surface area contributed by atoms with E-state index in [1.54, 1.807) is 11.3 Å². The lowest BCUT2D eigenvalue weighted by Gasteiger charge is -2.41. The van der Waals surface area contributed by atoms with E-state index in [4.69, 9.17) is 0 Å². The van der Waals surface area contributed by atoms with Crippen LogP contribution >= 0.6 is 11.3 Å². The van der Waals surface area contributed by atoms with E-state index in [2.05, 4.69) is 32.4 Å². The first-order valence-electron chi connectivity index (χ1n) is 8.20. The van der Waals surface area contributed by atoms with Crippen molar-refractivity contribution in [3.8, 4) is 0 Å². The van der Waals surface area contributed by atoms with Crippen LogP contribution in [0.5, 0.6) is 0 Å². The predicted octanol–water partition coefficient (Wildman–Crippen LogP) is 1.49. The predicted molar refractivity (Wildman–Crippen MR) is 88.9 cm³/mol. The van der Waals surface area contributed by atoms with E-state index in [-0.39, 0.29) is 5.41 Å². The molecule has 2 aliphatic rings. The first-order chi connectivity index (χ1) is 10.6. The molecule has 2 fully saturated rings. The highest BCUT2D eigenvalue weighted by molar-refractivity contribution is 7.09. The Kier molecular flexibility index (Phi) is 4.80. The van der Waals surface area contributed by atoms with Crippen LogP contribution in [0.2, 0.25) is 0 Å². The number of piperidine rings is 1. The molecule has 2 saturated heterocycles. The summed E-state index contributed by atoms with van der Waals surface area (Å²) in [6, 6.07) is 0. The van der Waals surface area contributed by atoms with Gasteiger partial charge in [-0.2, -0.15) is 0 Å². The molecule has 5 nitrogen and oxygen atoms in total. The molecule has 22 heavy (non-hydrogen) atoms. The van der Waals surface area contributed by atoms with E-state index in [0.29, 0.717) is 5.91 Å². The molecule has 6 heteroatoms. The van der Waals surface area contributed by atoms with Crippen LogP contribution in [0, 0.1) is 12.3 Å². The highest BCUT2D eigenvalue weighted by atomic mass is 32.1. The molecule has 0 saturated carbocycles. The lowest BCUT2D eigenvalue weighted by molar-refractivity contribution is -0.144. The Labute approximate surface area is 136 Å². The molecule has 1 aromatic heterocycles. The minimum atomic E-state index is -0.202. The minimum absolute atomic E-state index is 0.202. The Balaban J connectivity index is 1.51. The Morgan fingerprint density at radius 3 is 2.77 bits per heavy atom. The van der Waals surface area contributed by atoms with Crippen molar-refractivity contribution >= 4 is 17.2 Å². The van der Waals surface area contributed by atoms with E-state index in [9.17, 15) is 4.79 Å². The smallest absolute Gasteiger partial charge is 0.229 e. The number of hydrogen-bond donors (Lipinski definition) is 1. The van der Waals surface area contributed by atoms with Gasteiger partial charge in [0.1, 0.15) is 0 Å². The van der Waals surface area contributed by atoms with Gasteiger partial charge in [-0.05, 0) is 33.2 Å². The zero-order valence-corrected chi connectivity index (χ0v) is 14.4. The summed E-state index contributed by atoms with van der Waals surface area (Å²) in [4.78, 5) is 21.8. The van der Waals surface area contributed by atoms with Crippen LogP contribution in [0.25, 0.3) is 0 Å². The third-order valence-corrected chi connectivity index (χ3v) is 5.65. The van der Waals surface area contributed by atoms with E-state index in [1.165, 1.54) is 0 Å². The van der Waals surface area contributed by atoms with Crippen LogP contribution in [0.3, 0.4) is 0 Å². The van der Waals surface area contributed by atoms with Crippen LogP contribution in [0.1, 0.15) is 30.5 Å². The lowest BCUT2D eigenvalue weighted by Crippen LogP contribution is -2.55. The normalized spacial score (nSPS) is 27.1. The van der Waals surface area contributed by atoms with Gasteiger partial charge in [-0.1, -0.05) is 0 Å². The fourth-order valence-corrected chi connectivity index (χ4v) is 4.04. The van der Waals surface area contributed by atoms with Crippen molar-refractivity contribution in [1.29, 1.82) is 0 Å². The van der Waals surface area contributed by atoms with E-state index < -0.39 is 0 Å². The fraction of sp³-hybridized carbons (Fsp3) is 0.750. The van der Waals surface area contributed by atoms with Crippen molar-refractivity contribution in [3.63, 3.8) is 0 Å². The lowest BCUT2D eigenvalue weighted by atomic mass is 9.81. The molecular formula is C16H26N4OS. The number of amides is 1. The SMILES string of the molecule is Cc1nc(CN2CCN(C(=O)[C@@]3(C)CCCNC3)CC2)cs1. The third kappa shape index (κ3) is 3.50. The first-order valence-corrected chi connectivity index (χ1v) is 9.08. The molecule has 3 heterocycles. The number of thiazole rings is 1. The van der Waals surface area contributed by atoms with Gasteiger partial charge in [0.15, 0.2) is 0 Å². The molecule has 0 bridgehead atoms. The quantitative estimate of drug-likeness (QED) is 0.916. The van der Waals surface area contributed by atoms with Crippen LogP contribution in [0.4, 0.5) is 0 Å². The van der Waals surface area contributed by atoms with E-state index >= 15 is 0 Å². The van der Waals surface area contributed by atoms with Crippen molar-refractivity contribution in [3.05, 3.63) is 16.1 Å². The second-order valence-electron chi connectivity index (χ2n) is 6.77. The second-order valence-corrected chi connectivity index (χ2v) is 7.83. The number of nitrogens with zero attached hydrogens (tertiary/aromatic N) is 3. The van der Waals surface area contributed by atoms with E-state index in [1.807, 2.05) is 6.92 Å². The van der Waals surface area contributed by atoms with Crippen LogP contribution in [-0.2, 0) is 11.3 Å². The van der Waals surface area contributed by atoms with Crippen molar-refractivity contribution in [1.82, 2.24) is 20.1 Å². The highest BCUT2D eigenvalue weighted by Crippen LogP contribution is 2.28. The van der Waals surface area contributed by atoms with Gasteiger partial charge in [0.2, 0.25) is 5.91 Å². The second kappa shape index (κ2) is 6.64. The molecule has 1 aromatic rings. The summed E-state index contributed by atoms with van der Waals surface area (Å²) in [7, 11) is 0. The number of carbonyl (C=O) groups is 1. The molecule has 0 aliphatic carbocycles. The maximum atomic E-state index is 12.8. The van der Waals surface area contributed by atoms with Crippen molar-refractivity contribution in [2.45, 2.75) is 33.2 Å². The molecule has 0 radical (unpaired) electrons. The topological polar surface area (TPSA) is 48.5 Å². The molecule has 0 spiro atoms. The van der Waals surface area contributed by atoms with Crippen LogP contribution < -0.4 is 5.32 Å². The van der Waals surface area contributed by atoms with Gasteiger partial charge in [-0.15, -0.1) is 11.3 Å². The molecule has 2 aliphatic heterocycles. The molecule has 0 aromatic carbocycles. The van der Waals surface area contributed by atoms with Gasteiger partial charge in [0.25, 0.3) is 0 Å². The number of aromatic nitrogens is 1. The Morgan fingerprint density at radius 1 is 1.41 bits per heavy atom. The zero-order valence-electron chi connectivity index (χ0n) is 13.6. The summed E-state index contributed by atoms with van der Waals surface area (Å²) in [5.41, 5.74) is 0.956. The molecule has 0 unspecified atom stereocenters. The number of rotatable bonds is 3. The summed E-state index contributed by atoms with van der Waals surface area (Å²) in [5.74, 6) is 0.337. The van der Waals surface area contributed by atoms with E-state index in [0.717, 1.165) is 69.4 Å². The number of carbonyl (C=O) groups excluding carboxylic acids is 1.